The summed E-state index contributed by atoms with van der Waals surface area (Å²) in [6.45, 7) is 2.68. The molecule has 0 unspecified atom stereocenters. The van der Waals surface area contributed by atoms with Crippen molar-refractivity contribution in [2.45, 2.75) is 13.5 Å². The van der Waals surface area contributed by atoms with Gasteiger partial charge in [0.15, 0.2) is 0 Å². The zero-order valence-electron chi connectivity index (χ0n) is 11.4. The van der Waals surface area contributed by atoms with Crippen molar-refractivity contribution in [3.63, 3.8) is 0 Å². The number of carbonyl (C=O) groups is 1. The minimum atomic E-state index is -0.974. The first-order chi connectivity index (χ1) is 9.47. The van der Waals surface area contributed by atoms with Crippen molar-refractivity contribution in [3.8, 4) is 0 Å². The highest BCUT2D eigenvalue weighted by Crippen LogP contribution is 2.25. The van der Waals surface area contributed by atoms with Gasteiger partial charge in [-0.05, 0) is 30.7 Å². The number of aryl methyl sites for hydroxylation is 1. The number of anilines is 1. The molecule has 0 fully saturated rings. The number of rotatable bonds is 4. The summed E-state index contributed by atoms with van der Waals surface area (Å²) < 4.78 is 0. The van der Waals surface area contributed by atoms with Crippen LogP contribution < -0.4 is 4.90 Å². The van der Waals surface area contributed by atoms with Gasteiger partial charge < -0.3 is 10.0 Å². The lowest BCUT2D eigenvalue weighted by molar-refractivity contribution is 0.0697. The first kappa shape index (κ1) is 14.4. The molecular formula is C16H16ClNO2. The zero-order chi connectivity index (χ0) is 14.7. The number of halogens is 1. The maximum atomic E-state index is 11.3. The van der Waals surface area contributed by atoms with Gasteiger partial charge in [-0.15, -0.1) is 0 Å². The van der Waals surface area contributed by atoms with Crippen LogP contribution in [0.5, 0.6) is 0 Å². The van der Waals surface area contributed by atoms with E-state index in [-0.39, 0.29) is 5.56 Å². The average molecular weight is 290 g/mol. The standard InChI is InChI=1S/C16H16ClNO2/c1-11-4-3-5-12(8-11)10-18(2)15-7-6-13(17)9-14(15)16(19)20/h3-9H,10H2,1-2H3,(H,19,20). The van der Waals surface area contributed by atoms with Crippen LogP contribution in [-0.2, 0) is 6.54 Å². The molecule has 0 radical (unpaired) electrons. The van der Waals surface area contributed by atoms with Gasteiger partial charge in [-0.1, -0.05) is 41.4 Å². The summed E-state index contributed by atoms with van der Waals surface area (Å²) in [5.41, 5.74) is 3.19. The van der Waals surface area contributed by atoms with E-state index >= 15 is 0 Å². The molecule has 104 valence electrons. The molecule has 2 aromatic rings. The predicted molar refractivity (Wildman–Crippen MR) is 81.7 cm³/mol. The van der Waals surface area contributed by atoms with Gasteiger partial charge in [0.05, 0.1) is 11.3 Å². The van der Waals surface area contributed by atoms with Crippen LogP contribution in [0.3, 0.4) is 0 Å². The van der Waals surface area contributed by atoms with Crippen LogP contribution in [-0.4, -0.2) is 18.1 Å². The molecule has 0 aliphatic heterocycles. The highest BCUT2D eigenvalue weighted by molar-refractivity contribution is 6.31. The van der Waals surface area contributed by atoms with E-state index in [1.807, 2.05) is 37.1 Å². The highest BCUT2D eigenvalue weighted by atomic mass is 35.5. The minimum absolute atomic E-state index is 0.215. The van der Waals surface area contributed by atoms with Gasteiger partial charge in [0.2, 0.25) is 0 Å². The molecule has 0 saturated carbocycles. The largest absolute Gasteiger partial charge is 0.478 e. The molecule has 0 amide bonds. The quantitative estimate of drug-likeness (QED) is 0.925. The summed E-state index contributed by atoms with van der Waals surface area (Å²) in [5.74, 6) is -0.974. The monoisotopic (exact) mass is 289 g/mol. The fourth-order valence-electron chi connectivity index (χ4n) is 2.18. The molecule has 0 atom stereocenters. The van der Waals surface area contributed by atoms with Gasteiger partial charge in [0, 0.05) is 18.6 Å². The summed E-state index contributed by atoms with van der Waals surface area (Å²) in [6.07, 6.45) is 0. The average Bonchev–Trinajstić information content (AvgIpc) is 2.38. The van der Waals surface area contributed by atoms with Crippen LogP contribution in [0, 0.1) is 6.92 Å². The second-order valence-corrected chi connectivity index (χ2v) is 5.25. The number of carboxylic acid groups (broad SMARTS) is 1. The topological polar surface area (TPSA) is 40.5 Å². The second-order valence-electron chi connectivity index (χ2n) is 4.81. The number of benzene rings is 2. The Kier molecular flexibility index (Phi) is 4.30. The van der Waals surface area contributed by atoms with Crippen molar-refractivity contribution in [2.75, 3.05) is 11.9 Å². The van der Waals surface area contributed by atoms with Crippen molar-refractivity contribution in [2.24, 2.45) is 0 Å². The number of nitrogens with zero attached hydrogens (tertiary/aromatic N) is 1. The Balaban J connectivity index is 2.29. The van der Waals surface area contributed by atoms with Gasteiger partial charge in [-0.25, -0.2) is 4.79 Å². The fraction of sp³-hybridized carbons (Fsp3) is 0.188. The summed E-state index contributed by atoms with van der Waals surface area (Å²) in [5, 5.41) is 9.69. The minimum Gasteiger partial charge on any atom is -0.478 e. The van der Waals surface area contributed by atoms with E-state index in [0.29, 0.717) is 17.3 Å². The predicted octanol–water partition coefficient (Wildman–Crippen LogP) is 3.98. The van der Waals surface area contributed by atoms with Crippen LogP contribution in [0.25, 0.3) is 0 Å². The molecule has 0 heterocycles. The summed E-state index contributed by atoms with van der Waals surface area (Å²) in [4.78, 5) is 13.2. The Morgan fingerprint density at radius 1 is 1.25 bits per heavy atom. The molecular weight excluding hydrogens is 274 g/mol. The van der Waals surface area contributed by atoms with Crippen LogP contribution in [0.1, 0.15) is 21.5 Å². The first-order valence-electron chi connectivity index (χ1n) is 6.27. The second kappa shape index (κ2) is 5.97. The molecule has 2 aromatic carbocycles. The third-order valence-electron chi connectivity index (χ3n) is 3.10. The Labute approximate surface area is 123 Å². The normalized spacial score (nSPS) is 10.3. The Morgan fingerprint density at radius 3 is 2.65 bits per heavy atom. The number of aromatic carboxylic acids is 1. The molecule has 0 aliphatic carbocycles. The molecule has 0 aromatic heterocycles. The molecule has 0 saturated heterocycles. The van der Waals surface area contributed by atoms with Gasteiger partial charge in [0.1, 0.15) is 0 Å². The number of carboxylic acids is 1. The summed E-state index contributed by atoms with van der Waals surface area (Å²) in [6, 6.07) is 13.1. The van der Waals surface area contributed by atoms with E-state index in [1.165, 1.54) is 11.6 Å². The van der Waals surface area contributed by atoms with Crippen LogP contribution in [0.4, 0.5) is 5.69 Å². The zero-order valence-corrected chi connectivity index (χ0v) is 12.2. The van der Waals surface area contributed by atoms with E-state index in [1.54, 1.807) is 12.1 Å². The maximum absolute atomic E-state index is 11.3. The molecule has 0 spiro atoms. The lowest BCUT2D eigenvalue weighted by Gasteiger charge is -2.21. The molecule has 3 nitrogen and oxygen atoms in total. The van der Waals surface area contributed by atoms with Crippen molar-refractivity contribution < 1.29 is 9.90 Å². The fourth-order valence-corrected chi connectivity index (χ4v) is 2.35. The van der Waals surface area contributed by atoms with Crippen molar-refractivity contribution in [3.05, 3.63) is 64.2 Å². The van der Waals surface area contributed by atoms with E-state index in [2.05, 4.69) is 6.07 Å². The van der Waals surface area contributed by atoms with Crippen molar-refractivity contribution in [1.82, 2.24) is 0 Å². The molecule has 2 rings (SSSR count). The molecule has 20 heavy (non-hydrogen) atoms. The van der Waals surface area contributed by atoms with Crippen molar-refractivity contribution in [1.29, 1.82) is 0 Å². The van der Waals surface area contributed by atoms with Crippen LogP contribution in [0.2, 0.25) is 5.02 Å². The van der Waals surface area contributed by atoms with Crippen LogP contribution >= 0.6 is 11.6 Å². The first-order valence-corrected chi connectivity index (χ1v) is 6.64. The SMILES string of the molecule is Cc1cccc(CN(C)c2ccc(Cl)cc2C(=O)O)c1. The van der Waals surface area contributed by atoms with E-state index in [0.717, 1.165) is 5.56 Å². The third kappa shape index (κ3) is 3.31. The molecule has 0 bridgehead atoms. The van der Waals surface area contributed by atoms with Gasteiger partial charge in [-0.2, -0.15) is 0 Å². The highest BCUT2D eigenvalue weighted by Gasteiger charge is 2.14. The third-order valence-corrected chi connectivity index (χ3v) is 3.34. The number of hydrogen-bond donors (Lipinski definition) is 1. The van der Waals surface area contributed by atoms with E-state index in [9.17, 15) is 9.90 Å². The lowest BCUT2D eigenvalue weighted by atomic mass is 10.1. The summed E-state index contributed by atoms with van der Waals surface area (Å²) >= 11 is 5.86. The van der Waals surface area contributed by atoms with Crippen LogP contribution in [0.15, 0.2) is 42.5 Å². The maximum Gasteiger partial charge on any atom is 0.337 e. The Bertz CT molecular complexity index is 640. The van der Waals surface area contributed by atoms with Gasteiger partial charge in [-0.3, -0.25) is 0 Å². The molecule has 0 aliphatic rings. The van der Waals surface area contributed by atoms with Crippen molar-refractivity contribution >= 4 is 23.3 Å². The lowest BCUT2D eigenvalue weighted by Crippen LogP contribution is -2.19. The Morgan fingerprint density at radius 2 is 2.00 bits per heavy atom. The Hall–Kier alpha value is -2.00. The smallest absolute Gasteiger partial charge is 0.337 e. The number of hydrogen-bond acceptors (Lipinski definition) is 2. The van der Waals surface area contributed by atoms with Gasteiger partial charge >= 0.3 is 5.97 Å². The van der Waals surface area contributed by atoms with Gasteiger partial charge in [0.25, 0.3) is 0 Å². The summed E-state index contributed by atoms with van der Waals surface area (Å²) in [7, 11) is 1.87. The van der Waals surface area contributed by atoms with E-state index < -0.39 is 5.97 Å². The molecule has 4 heteroatoms. The van der Waals surface area contributed by atoms with E-state index in [4.69, 9.17) is 11.6 Å². The molecule has 1 N–H and O–H groups in total.